The first-order valence-corrected chi connectivity index (χ1v) is 7.23. The summed E-state index contributed by atoms with van der Waals surface area (Å²) in [5.74, 6) is 1.35. The summed E-state index contributed by atoms with van der Waals surface area (Å²) in [6.07, 6.45) is 2.71. The lowest BCUT2D eigenvalue weighted by molar-refractivity contribution is 0.678. The van der Waals surface area contributed by atoms with Gasteiger partial charge in [-0.1, -0.05) is 18.2 Å². The van der Waals surface area contributed by atoms with E-state index in [9.17, 15) is 0 Å². The number of aromatic nitrogens is 3. The van der Waals surface area contributed by atoms with Gasteiger partial charge in [0.2, 0.25) is 0 Å². The highest BCUT2D eigenvalue weighted by Crippen LogP contribution is 2.21. The third-order valence-electron chi connectivity index (χ3n) is 3.50. The number of aryl methyl sites for hydroxylation is 3. The molecule has 2 heterocycles. The van der Waals surface area contributed by atoms with E-state index in [1.54, 1.807) is 0 Å². The lowest BCUT2D eigenvalue weighted by atomic mass is 10.2. The van der Waals surface area contributed by atoms with Crippen molar-refractivity contribution >= 4 is 22.6 Å². The quantitative estimate of drug-likeness (QED) is 0.684. The van der Waals surface area contributed by atoms with Crippen molar-refractivity contribution in [3.63, 3.8) is 0 Å². The number of benzene rings is 1. The second-order valence-electron chi connectivity index (χ2n) is 4.83. The Bertz CT molecular complexity index is 719. The van der Waals surface area contributed by atoms with Crippen molar-refractivity contribution in [1.29, 1.82) is 0 Å². The van der Waals surface area contributed by atoms with E-state index in [1.165, 1.54) is 5.56 Å². The summed E-state index contributed by atoms with van der Waals surface area (Å²) in [4.78, 5) is 9.02. The van der Waals surface area contributed by atoms with E-state index in [4.69, 9.17) is 11.6 Å². The Morgan fingerprint density at radius 1 is 1.15 bits per heavy atom. The molecule has 102 valence electrons. The van der Waals surface area contributed by atoms with Gasteiger partial charge in [0.05, 0.1) is 16.9 Å². The highest BCUT2D eigenvalue weighted by molar-refractivity contribution is 6.16. The van der Waals surface area contributed by atoms with Crippen molar-refractivity contribution in [3.05, 3.63) is 59.7 Å². The zero-order valence-electron chi connectivity index (χ0n) is 11.4. The molecule has 20 heavy (non-hydrogen) atoms. The number of halogens is 1. The van der Waals surface area contributed by atoms with Crippen molar-refractivity contribution < 1.29 is 0 Å². The maximum atomic E-state index is 6.04. The number of pyridine rings is 1. The first kappa shape index (κ1) is 13.1. The van der Waals surface area contributed by atoms with Gasteiger partial charge in [0.15, 0.2) is 0 Å². The predicted molar refractivity (Wildman–Crippen MR) is 82.0 cm³/mol. The van der Waals surface area contributed by atoms with Crippen molar-refractivity contribution in [2.75, 3.05) is 0 Å². The second-order valence-corrected chi connectivity index (χ2v) is 5.09. The number of alkyl halides is 1. The average Bonchev–Trinajstić information content (AvgIpc) is 2.85. The Labute approximate surface area is 123 Å². The fourth-order valence-corrected chi connectivity index (χ4v) is 2.66. The average molecular weight is 286 g/mol. The Hall–Kier alpha value is -1.87. The van der Waals surface area contributed by atoms with Gasteiger partial charge in [0.1, 0.15) is 5.82 Å². The van der Waals surface area contributed by atoms with Crippen LogP contribution in [0.3, 0.4) is 0 Å². The molecule has 3 aromatic rings. The molecule has 0 aliphatic heterocycles. The normalized spacial score (nSPS) is 11.1. The summed E-state index contributed by atoms with van der Waals surface area (Å²) in [6, 6.07) is 12.2. The van der Waals surface area contributed by atoms with Gasteiger partial charge in [0, 0.05) is 24.9 Å². The lowest BCUT2D eigenvalue weighted by Gasteiger charge is -2.07. The van der Waals surface area contributed by atoms with E-state index < -0.39 is 0 Å². The molecular formula is C16H16ClN3. The summed E-state index contributed by atoms with van der Waals surface area (Å²) in [5.41, 5.74) is 4.47. The molecule has 0 bridgehead atoms. The first-order chi connectivity index (χ1) is 9.79. The topological polar surface area (TPSA) is 30.7 Å². The van der Waals surface area contributed by atoms with Crippen LogP contribution in [0.2, 0.25) is 0 Å². The predicted octanol–water partition coefficient (Wildman–Crippen LogP) is 3.72. The number of hydrogen-bond acceptors (Lipinski definition) is 2. The summed E-state index contributed by atoms with van der Waals surface area (Å²) >= 11 is 6.04. The number of nitrogens with zero attached hydrogens (tertiary/aromatic N) is 3. The minimum absolute atomic E-state index is 0.427. The number of rotatable bonds is 4. The largest absolute Gasteiger partial charge is 0.327 e. The van der Waals surface area contributed by atoms with Gasteiger partial charge in [-0.15, -0.1) is 11.6 Å². The van der Waals surface area contributed by atoms with E-state index in [2.05, 4.69) is 39.7 Å². The van der Waals surface area contributed by atoms with Crippen molar-refractivity contribution in [1.82, 2.24) is 14.5 Å². The van der Waals surface area contributed by atoms with Crippen LogP contribution < -0.4 is 0 Å². The molecule has 0 amide bonds. The Morgan fingerprint density at radius 3 is 2.80 bits per heavy atom. The van der Waals surface area contributed by atoms with Gasteiger partial charge < -0.3 is 4.57 Å². The van der Waals surface area contributed by atoms with Crippen molar-refractivity contribution in [3.8, 4) is 0 Å². The minimum Gasteiger partial charge on any atom is -0.327 e. The smallest absolute Gasteiger partial charge is 0.124 e. The van der Waals surface area contributed by atoms with E-state index in [1.807, 2.05) is 24.4 Å². The zero-order valence-corrected chi connectivity index (χ0v) is 12.1. The van der Waals surface area contributed by atoms with Crippen LogP contribution in [-0.4, -0.2) is 14.5 Å². The van der Waals surface area contributed by atoms with E-state index in [0.29, 0.717) is 5.88 Å². The molecule has 0 N–H and O–H groups in total. The van der Waals surface area contributed by atoms with Gasteiger partial charge in [-0.3, -0.25) is 4.98 Å². The van der Waals surface area contributed by atoms with Crippen LogP contribution in [0, 0.1) is 6.92 Å². The van der Waals surface area contributed by atoms with Crippen LogP contribution in [-0.2, 0) is 18.8 Å². The number of fused-ring (bicyclic) bond motifs is 1. The van der Waals surface area contributed by atoms with Crippen LogP contribution in [0.4, 0.5) is 0 Å². The molecule has 0 spiro atoms. The number of hydrogen-bond donors (Lipinski definition) is 0. The summed E-state index contributed by atoms with van der Waals surface area (Å²) in [7, 11) is 0. The van der Waals surface area contributed by atoms with E-state index in [0.717, 1.165) is 35.5 Å². The van der Waals surface area contributed by atoms with E-state index in [-0.39, 0.29) is 0 Å². The molecule has 0 saturated carbocycles. The van der Waals surface area contributed by atoms with Crippen LogP contribution >= 0.6 is 11.6 Å². The molecule has 3 rings (SSSR count). The molecule has 1 aromatic carbocycles. The molecular weight excluding hydrogens is 270 g/mol. The Morgan fingerprint density at radius 2 is 2.05 bits per heavy atom. The molecule has 0 fully saturated rings. The molecule has 0 saturated heterocycles. The van der Waals surface area contributed by atoms with Crippen molar-refractivity contribution in [2.45, 2.75) is 25.8 Å². The van der Waals surface area contributed by atoms with Gasteiger partial charge in [-0.2, -0.15) is 0 Å². The first-order valence-electron chi connectivity index (χ1n) is 6.70. The maximum Gasteiger partial charge on any atom is 0.124 e. The van der Waals surface area contributed by atoms with Crippen LogP contribution in [0.25, 0.3) is 11.0 Å². The van der Waals surface area contributed by atoms with Gasteiger partial charge in [0.25, 0.3) is 0 Å². The van der Waals surface area contributed by atoms with Crippen LogP contribution in [0.1, 0.15) is 17.1 Å². The zero-order chi connectivity index (χ0) is 13.9. The Balaban J connectivity index is 1.96. The minimum atomic E-state index is 0.427. The molecule has 0 aliphatic rings. The fourth-order valence-electron chi connectivity index (χ4n) is 2.46. The summed E-state index contributed by atoms with van der Waals surface area (Å²) < 4.78 is 2.20. The SMILES string of the molecule is Cc1cccc2c1nc(CCl)n2CCc1ccccn1. The fraction of sp³-hybridized carbons (Fsp3) is 0.250. The molecule has 2 aromatic heterocycles. The molecule has 0 unspecified atom stereocenters. The van der Waals surface area contributed by atoms with E-state index >= 15 is 0 Å². The van der Waals surface area contributed by atoms with Gasteiger partial charge >= 0.3 is 0 Å². The Kier molecular flexibility index (Phi) is 3.70. The monoisotopic (exact) mass is 285 g/mol. The molecule has 0 atom stereocenters. The lowest BCUT2D eigenvalue weighted by Crippen LogP contribution is -2.05. The van der Waals surface area contributed by atoms with Crippen molar-refractivity contribution in [2.24, 2.45) is 0 Å². The highest BCUT2D eigenvalue weighted by atomic mass is 35.5. The van der Waals surface area contributed by atoms with Crippen LogP contribution in [0.5, 0.6) is 0 Å². The van der Waals surface area contributed by atoms with Gasteiger partial charge in [-0.05, 0) is 30.7 Å². The summed E-state index contributed by atoms with van der Waals surface area (Å²) in [5, 5.41) is 0. The third kappa shape index (κ3) is 2.41. The highest BCUT2D eigenvalue weighted by Gasteiger charge is 2.11. The molecule has 4 heteroatoms. The summed E-state index contributed by atoms with van der Waals surface area (Å²) in [6.45, 7) is 2.93. The molecule has 3 nitrogen and oxygen atoms in total. The van der Waals surface area contributed by atoms with Crippen LogP contribution in [0.15, 0.2) is 42.6 Å². The molecule has 0 radical (unpaired) electrons. The number of imidazole rings is 1. The molecule has 0 aliphatic carbocycles. The van der Waals surface area contributed by atoms with Gasteiger partial charge in [-0.25, -0.2) is 4.98 Å². The standard InChI is InChI=1S/C16H16ClN3/c1-12-5-4-7-14-16(12)19-15(11-17)20(14)10-8-13-6-2-3-9-18-13/h2-7,9H,8,10-11H2,1H3. The third-order valence-corrected chi connectivity index (χ3v) is 3.74. The number of para-hydroxylation sites is 1. The second kappa shape index (κ2) is 5.63. The maximum absolute atomic E-state index is 6.04.